The number of nitrogens with one attached hydrogen (secondary N) is 1. The third kappa shape index (κ3) is 5.52. The number of aliphatic imine (C=N–C) groups is 1. The Balaban J connectivity index is 1.43. The number of ether oxygens (including phenoxy) is 1. The fourth-order valence-electron chi connectivity index (χ4n) is 2.80. The lowest BCUT2D eigenvalue weighted by Gasteiger charge is -2.08. The predicted molar refractivity (Wildman–Crippen MR) is 114 cm³/mol. The van der Waals surface area contributed by atoms with E-state index in [9.17, 15) is 23.1 Å². The van der Waals surface area contributed by atoms with Crippen LogP contribution in [0.4, 0.5) is 13.2 Å². The first-order valence-corrected chi connectivity index (χ1v) is 10.1. The number of halogens is 3. The molecule has 4 rings (SSSR count). The summed E-state index contributed by atoms with van der Waals surface area (Å²) >= 11 is 1.17. The molecule has 1 fully saturated rings. The van der Waals surface area contributed by atoms with Gasteiger partial charge in [0.05, 0.1) is 11.4 Å². The number of phenolic OH excluding ortho intramolecular Hbond substituents is 1. The zero-order chi connectivity index (χ0) is 22.7. The SMILES string of the molecule is O=C1NC(=NCc2ccc(O)cc2)S/C1=C\c1ccc(-c2ccc(OC(F)(F)F)cc2)o1. The average Bonchev–Trinajstić information content (AvgIpc) is 3.34. The quantitative estimate of drug-likeness (QED) is 0.504. The molecule has 1 aliphatic heterocycles. The highest BCUT2D eigenvalue weighted by atomic mass is 32.2. The van der Waals surface area contributed by atoms with Crippen LogP contribution < -0.4 is 10.1 Å². The first-order chi connectivity index (χ1) is 15.2. The second kappa shape index (κ2) is 8.83. The molecule has 2 N–H and O–H groups in total. The monoisotopic (exact) mass is 460 g/mol. The van der Waals surface area contributed by atoms with Crippen LogP contribution in [0, 0.1) is 0 Å². The molecule has 10 heteroatoms. The van der Waals surface area contributed by atoms with Crippen LogP contribution in [0.3, 0.4) is 0 Å². The molecule has 2 aromatic carbocycles. The second-order valence-electron chi connectivity index (χ2n) is 6.63. The smallest absolute Gasteiger partial charge is 0.508 e. The zero-order valence-corrected chi connectivity index (χ0v) is 17.0. The number of amides is 1. The van der Waals surface area contributed by atoms with Crippen molar-refractivity contribution in [2.24, 2.45) is 4.99 Å². The van der Waals surface area contributed by atoms with Crippen LogP contribution in [0.1, 0.15) is 11.3 Å². The highest BCUT2D eigenvalue weighted by Gasteiger charge is 2.31. The van der Waals surface area contributed by atoms with E-state index < -0.39 is 6.36 Å². The number of phenols is 1. The maximum Gasteiger partial charge on any atom is 0.573 e. The predicted octanol–water partition coefficient (Wildman–Crippen LogP) is 5.31. The van der Waals surface area contributed by atoms with Gasteiger partial charge in [-0.2, -0.15) is 0 Å². The molecule has 0 bridgehead atoms. The van der Waals surface area contributed by atoms with Gasteiger partial charge in [-0.15, -0.1) is 13.2 Å². The van der Waals surface area contributed by atoms with Gasteiger partial charge in [0.15, 0.2) is 5.17 Å². The summed E-state index contributed by atoms with van der Waals surface area (Å²) in [6.45, 7) is 0.342. The highest BCUT2D eigenvalue weighted by Crippen LogP contribution is 2.30. The lowest BCUT2D eigenvalue weighted by atomic mass is 10.2. The summed E-state index contributed by atoms with van der Waals surface area (Å²) in [5.74, 6) is 0.367. The number of thioether (sulfide) groups is 1. The molecular formula is C22H15F3N2O4S. The fraction of sp³-hybridized carbons (Fsp3) is 0.0909. The van der Waals surface area contributed by atoms with Crippen molar-refractivity contribution in [2.75, 3.05) is 0 Å². The lowest BCUT2D eigenvalue weighted by Crippen LogP contribution is -2.19. The molecule has 0 radical (unpaired) electrons. The topological polar surface area (TPSA) is 84.1 Å². The normalized spacial score (nSPS) is 16.5. The van der Waals surface area contributed by atoms with E-state index >= 15 is 0 Å². The molecule has 0 atom stereocenters. The molecule has 0 unspecified atom stereocenters. The molecule has 0 spiro atoms. The van der Waals surface area contributed by atoms with Gasteiger partial charge in [0.1, 0.15) is 23.0 Å². The number of rotatable bonds is 5. The Labute approximate surface area is 184 Å². The van der Waals surface area contributed by atoms with Gasteiger partial charge in [-0.25, -0.2) is 0 Å². The number of carbonyl (C=O) groups is 1. The largest absolute Gasteiger partial charge is 0.573 e. The van der Waals surface area contributed by atoms with Crippen LogP contribution in [0.2, 0.25) is 0 Å². The van der Waals surface area contributed by atoms with E-state index in [-0.39, 0.29) is 17.4 Å². The number of benzene rings is 2. The summed E-state index contributed by atoms with van der Waals surface area (Å²) in [7, 11) is 0. The number of hydrogen-bond donors (Lipinski definition) is 2. The molecule has 1 amide bonds. The number of amidine groups is 1. The van der Waals surface area contributed by atoms with E-state index in [2.05, 4.69) is 15.0 Å². The van der Waals surface area contributed by atoms with Gasteiger partial charge in [-0.3, -0.25) is 9.79 Å². The third-order valence-electron chi connectivity index (χ3n) is 4.27. The minimum absolute atomic E-state index is 0.165. The minimum atomic E-state index is -4.75. The molecule has 1 aliphatic rings. The first kappa shape index (κ1) is 21.6. The molecule has 0 saturated carbocycles. The van der Waals surface area contributed by atoms with Crippen molar-refractivity contribution < 1.29 is 32.2 Å². The van der Waals surface area contributed by atoms with Crippen LogP contribution in [-0.2, 0) is 11.3 Å². The second-order valence-corrected chi connectivity index (χ2v) is 7.66. The van der Waals surface area contributed by atoms with Crippen LogP contribution >= 0.6 is 11.8 Å². The van der Waals surface area contributed by atoms with Gasteiger partial charge < -0.3 is 19.6 Å². The van der Waals surface area contributed by atoms with Crippen LogP contribution in [0.5, 0.6) is 11.5 Å². The number of nitrogens with zero attached hydrogens (tertiary/aromatic N) is 1. The van der Waals surface area contributed by atoms with Gasteiger partial charge in [0, 0.05) is 11.6 Å². The molecule has 1 saturated heterocycles. The van der Waals surface area contributed by atoms with Crippen molar-refractivity contribution in [3.05, 3.63) is 76.9 Å². The Morgan fingerprint density at radius 1 is 1.06 bits per heavy atom. The van der Waals surface area contributed by atoms with E-state index in [0.29, 0.717) is 33.7 Å². The van der Waals surface area contributed by atoms with Gasteiger partial charge >= 0.3 is 6.36 Å². The van der Waals surface area contributed by atoms with Gasteiger partial charge in [0.25, 0.3) is 5.91 Å². The summed E-state index contributed by atoms with van der Waals surface area (Å²) < 4.78 is 46.4. The fourth-order valence-corrected chi connectivity index (χ4v) is 3.60. The summed E-state index contributed by atoms with van der Waals surface area (Å²) in [6.07, 6.45) is -3.19. The number of hydrogen-bond acceptors (Lipinski definition) is 6. The number of carbonyl (C=O) groups excluding carboxylic acids is 1. The van der Waals surface area contributed by atoms with Crippen LogP contribution in [0.15, 0.2) is 75.0 Å². The van der Waals surface area contributed by atoms with Crippen molar-refractivity contribution >= 4 is 28.9 Å². The maximum atomic E-state index is 12.3. The molecule has 164 valence electrons. The van der Waals surface area contributed by atoms with Crippen molar-refractivity contribution in [3.8, 4) is 22.8 Å². The number of aromatic hydroxyl groups is 1. The molecular weight excluding hydrogens is 445 g/mol. The average molecular weight is 460 g/mol. The molecule has 0 aliphatic carbocycles. The molecule has 32 heavy (non-hydrogen) atoms. The summed E-state index contributed by atoms with van der Waals surface area (Å²) in [4.78, 5) is 17.0. The molecule has 2 heterocycles. The maximum absolute atomic E-state index is 12.3. The Hall–Kier alpha value is -3.66. The number of furan rings is 1. The first-order valence-electron chi connectivity index (χ1n) is 9.24. The molecule has 1 aromatic heterocycles. The van der Waals surface area contributed by atoms with E-state index in [4.69, 9.17) is 4.42 Å². The Morgan fingerprint density at radius 2 is 1.78 bits per heavy atom. The molecule has 3 aromatic rings. The van der Waals surface area contributed by atoms with Crippen LogP contribution in [-0.4, -0.2) is 22.5 Å². The van der Waals surface area contributed by atoms with E-state index in [0.717, 1.165) is 5.56 Å². The van der Waals surface area contributed by atoms with Crippen molar-refractivity contribution in [2.45, 2.75) is 12.9 Å². The third-order valence-corrected chi connectivity index (χ3v) is 5.21. The molecule has 6 nitrogen and oxygen atoms in total. The van der Waals surface area contributed by atoms with Crippen molar-refractivity contribution in [1.29, 1.82) is 0 Å². The Kier molecular flexibility index (Phi) is 5.95. The lowest BCUT2D eigenvalue weighted by molar-refractivity contribution is -0.274. The van der Waals surface area contributed by atoms with E-state index in [1.807, 2.05) is 0 Å². The minimum Gasteiger partial charge on any atom is -0.508 e. The standard InChI is InChI=1S/C22H15F3N2O4S/c23-22(24,25)31-16-7-3-14(4-8-16)18-10-9-17(30-18)11-19-20(29)27-21(32-19)26-12-13-1-5-15(28)6-2-13/h1-11,28H,12H2,(H,26,27,29)/b19-11-. The number of alkyl halides is 3. The zero-order valence-electron chi connectivity index (χ0n) is 16.2. The van der Waals surface area contributed by atoms with Crippen molar-refractivity contribution in [1.82, 2.24) is 5.32 Å². The van der Waals surface area contributed by atoms with E-state index in [1.165, 1.54) is 36.0 Å². The van der Waals surface area contributed by atoms with Gasteiger partial charge in [-0.05, 0) is 65.9 Å². The van der Waals surface area contributed by atoms with E-state index in [1.54, 1.807) is 42.5 Å². The van der Waals surface area contributed by atoms with Crippen molar-refractivity contribution in [3.63, 3.8) is 0 Å². The van der Waals surface area contributed by atoms with Gasteiger partial charge in [-0.1, -0.05) is 12.1 Å². The summed E-state index contributed by atoms with van der Waals surface area (Å²) in [6, 6.07) is 15.2. The Bertz CT molecular complexity index is 1180. The Morgan fingerprint density at radius 3 is 2.47 bits per heavy atom. The van der Waals surface area contributed by atoms with Gasteiger partial charge in [0.2, 0.25) is 0 Å². The summed E-state index contributed by atoms with van der Waals surface area (Å²) in [5.41, 5.74) is 1.44. The van der Waals surface area contributed by atoms with Crippen LogP contribution in [0.25, 0.3) is 17.4 Å². The highest BCUT2D eigenvalue weighted by molar-refractivity contribution is 8.18. The summed E-state index contributed by atoms with van der Waals surface area (Å²) in [5, 5.41) is 12.4.